The van der Waals surface area contributed by atoms with Crippen LogP contribution in [0.4, 0.5) is 0 Å². The average Bonchev–Trinajstić information content (AvgIpc) is 2.39. The van der Waals surface area contributed by atoms with Crippen molar-refractivity contribution in [1.29, 1.82) is 0 Å². The molecule has 0 saturated heterocycles. The van der Waals surface area contributed by atoms with Crippen LogP contribution in [0.1, 0.15) is 32.1 Å². The van der Waals surface area contributed by atoms with Crippen molar-refractivity contribution < 1.29 is 0 Å². The van der Waals surface area contributed by atoms with E-state index in [1.165, 1.54) is 32.1 Å². The van der Waals surface area contributed by atoms with Gasteiger partial charge in [0.1, 0.15) is 0 Å². The van der Waals surface area contributed by atoms with Gasteiger partial charge in [0.15, 0.2) is 0 Å². The van der Waals surface area contributed by atoms with Crippen LogP contribution in [-0.4, -0.2) is 0 Å². The van der Waals surface area contributed by atoms with Crippen molar-refractivity contribution >= 4 is 0 Å². The quantitative estimate of drug-likeness (QED) is 0.564. The molecule has 0 nitrogen and oxygen atoms in total. The highest BCUT2D eigenvalue weighted by atomic mass is 14.3. The molecule has 0 fully saturated rings. The topological polar surface area (TPSA) is 0 Å². The van der Waals surface area contributed by atoms with Gasteiger partial charge in [0, 0.05) is 5.92 Å². The molecule has 3 atom stereocenters. The summed E-state index contributed by atoms with van der Waals surface area (Å²) in [5.74, 6) is 2.33. The number of rotatable bonds is 1. The van der Waals surface area contributed by atoms with Crippen molar-refractivity contribution in [2.75, 3.05) is 0 Å². The number of hydrogen-bond donors (Lipinski definition) is 0. The van der Waals surface area contributed by atoms with Gasteiger partial charge in [-0.05, 0) is 43.9 Å². The van der Waals surface area contributed by atoms with Gasteiger partial charge in [0.2, 0.25) is 0 Å². The van der Waals surface area contributed by atoms with Crippen molar-refractivity contribution in [2.24, 2.45) is 17.8 Å². The summed E-state index contributed by atoms with van der Waals surface area (Å²) in [6.45, 7) is 0. The summed E-state index contributed by atoms with van der Waals surface area (Å²) in [7, 11) is 0. The molecule has 0 heterocycles. The molecular weight excluding hydrogens is 192 g/mol. The molecule has 0 heteroatoms. The first-order valence-electron chi connectivity index (χ1n) is 6.64. The molecule has 0 aliphatic heterocycles. The Bertz CT molecular complexity index is 367. The van der Waals surface area contributed by atoms with Gasteiger partial charge in [-0.2, -0.15) is 0 Å². The van der Waals surface area contributed by atoms with Gasteiger partial charge in [-0.15, -0.1) is 0 Å². The van der Waals surface area contributed by atoms with Crippen LogP contribution < -0.4 is 0 Å². The van der Waals surface area contributed by atoms with E-state index < -0.39 is 0 Å². The predicted octanol–water partition coefficient (Wildman–Crippen LogP) is 4.42. The lowest BCUT2D eigenvalue weighted by Gasteiger charge is -2.32. The van der Waals surface area contributed by atoms with Gasteiger partial charge in [0.05, 0.1) is 0 Å². The molecule has 0 amide bonds. The molecule has 3 aliphatic carbocycles. The molecule has 3 rings (SSSR count). The van der Waals surface area contributed by atoms with E-state index in [2.05, 4.69) is 42.5 Å². The summed E-state index contributed by atoms with van der Waals surface area (Å²) >= 11 is 0. The standard InChI is InChI=1S/C16H20/c1-2-6-13(7-3-1)16-11-10-14-8-4-5-9-15(14)12-16/h1-2,4-5,8-9,12-15H,3,6-7,10-11H2. The molecule has 3 unspecified atom stereocenters. The monoisotopic (exact) mass is 212 g/mol. The Morgan fingerprint density at radius 3 is 2.81 bits per heavy atom. The van der Waals surface area contributed by atoms with Crippen molar-refractivity contribution in [3.63, 3.8) is 0 Å². The smallest absolute Gasteiger partial charge is 0.00155 e. The molecular formula is C16H20. The van der Waals surface area contributed by atoms with E-state index in [9.17, 15) is 0 Å². The Morgan fingerprint density at radius 2 is 1.94 bits per heavy atom. The van der Waals surface area contributed by atoms with E-state index in [1.807, 2.05) is 0 Å². The zero-order chi connectivity index (χ0) is 10.8. The maximum absolute atomic E-state index is 2.57. The molecule has 0 radical (unpaired) electrons. The van der Waals surface area contributed by atoms with E-state index in [4.69, 9.17) is 0 Å². The number of allylic oxidation sites excluding steroid dienone is 8. The molecule has 0 saturated carbocycles. The Balaban J connectivity index is 1.77. The van der Waals surface area contributed by atoms with Gasteiger partial charge in [-0.25, -0.2) is 0 Å². The molecule has 0 aromatic heterocycles. The minimum Gasteiger partial charge on any atom is -0.0885 e. The second-order valence-corrected chi connectivity index (χ2v) is 5.27. The van der Waals surface area contributed by atoms with Crippen molar-refractivity contribution in [2.45, 2.75) is 32.1 Å². The van der Waals surface area contributed by atoms with Crippen LogP contribution in [0.3, 0.4) is 0 Å². The Hall–Kier alpha value is -1.04. The molecule has 0 aromatic carbocycles. The highest BCUT2D eigenvalue weighted by molar-refractivity contribution is 5.25. The number of hydrogen-bond acceptors (Lipinski definition) is 0. The van der Waals surface area contributed by atoms with Gasteiger partial charge in [0.25, 0.3) is 0 Å². The first-order chi connectivity index (χ1) is 7.93. The van der Waals surface area contributed by atoms with E-state index in [0.717, 1.165) is 11.8 Å². The van der Waals surface area contributed by atoms with Crippen molar-refractivity contribution in [3.8, 4) is 0 Å². The maximum Gasteiger partial charge on any atom is 0.00155 e. The van der Waals surface area contributed by atoms with Crippen LogP contribution in [0.5, 0.6) is 0 Å². The molecule has 3 aliphatic rings. The molecule has 0 N–H and O–H groups in total. The van der Waals surface area contributed by atoms with Crippen LogP contribution in [0.2, 0.25) is 0 Å². The minimum atomic E-state index is 0.694. The maximum atomic E-state index is 2.57. The van der Waals surface area contributed by atoms with Crippen LogP contribution in [-0.2, 0) is 0 Å². The largest absolute Gasteiger partial charge is 0.0885 e. The Labute approximate surface area is 98.4 Å². The van der Waals surface area contributed by atoms with Gasteiger partial charge >= 0.3 is 0 Å². The SMILES string of the molecule is C1=CC2C=C(C3CC=CCC3)CCC2C=C1. The van der Waals surface area contributed by atoms with Crippen molar-refractivity contribution in [1.82, 2.24) is 0 Å². The lowest BCUT2D eigenvalue weighted by atomic mass is 9.73. The lowest BCUT2D eigenvalue weighted by molar-refractivity contribution is 0.432. The first-order valence-corrected chi connectivity index (χ1v) is 6.64. The van der Waals surface area contributed by atoms with E-state index in [0.29, 0.717) is 5.92 Å². The lowest BCUT2D eigenvalue weighted by Crippen LogP contribution is -2.19. The Kier molecular flexibility index (Phi) is 2.82. The average molecular weight is 212 g/mol. The van der Waals surface area contributed by atoms with Gasteiger partial charge in [-0.1, -0.05) is 48.1 Å². The number of fused-ring (bicyclic) bond motifs is 1. The second kappa shape index (κ2) is 4.45. The van der Waals surface area contributed by atoms with Crippen LogP contribution >= 0.6 is 0 Å². The Morgan fingerprint density at radius 1 is 1.00 bits per heavy atom. The molecule has 0 aromatic rings. The second-order valence-electron chi connectivity index (χ2n) is 5.27. The highest BCUT2D eigenvalue weighted by Gasteiger charge is 2.25. The fourth-order valence-corrected chi connectivity index (χ4v) is 3.27. The predicted molar refractivity (Wildman–Crippen MR) is 69.1 cm³/mol. The highest BCUT2D eigenvalue weighted by Crippen LogP contribution is 2.38. The summed E-state index contributed by atoms with van der Waals surface area (Å²) in [6, 6.07) is 0. The molecule has 0 spiro atoms. The van der Waals surface area contributed by atoms with E-state index in [-0.39, 0.29) is 0 Å². The fourth-order valence-electron chi connectivity index (χ4n) is 3.27. The summed E-state index contributed by atoms with van der Waals surface area (Å²) in [4.78, 5) is 0. The summed E-state index contributed by atoms with van der Waals surface area (Å²) in [5, 5.41) is 0. The minimum absolute atomic E-state index is 0.694. The zero-order valence-corrected chi connectivity index (χ0v) is 9.81. The third-order valence-corrected chi connectivity index (χ3v) is 4.26. The van der Waals surface area contributed by atoms with Crippen LogP contribution in [0.15, 0.2) is 48.1 Å². The molecule has 16 heavy (non-hydrogen) atoms. The molecule has 0 bridgehead atoms. The van der Waals surface area contributed by atoms with Gasteiger partial charge in [-0.3, -0.25) is 0 Å². The van der Waals surface area contributed by atoms with Crippen LogP contribution in [0.25, 0.3) is 0 Å². The third-order valence-electron chi connectivity index (χ3n) is 4.26. The zero-order valence-electron chi connectivity index (χ0n) is 9.81. The summed E-state index contributed by atoms with van der Waals surface area (Å²) in [6.07, 6.45) is 23.1. The van der Waals surface area contributed by atoms with Gasteiger partial charge < -0.3 is 0 Å². The van der Waals surface area contributed by atoms with Crippen LogP contribution in [0, 0.1) is 17.8 Å². The first kappa shape index (κ1) is 10.1. The molecule has 84 valence electrons. The third kappa shape index (κ3) is 1.93. The van der Waals surface area contributed by atoms with E-state index >= 15 is 0 Å². The van der Waals surface area contributed by atoms with Crippen molar-refractivity contribution in [3.05, 3.63) is 48.1 Å². The summed E-state index contributed by atoms with van der Waals surface area (Å²) < 4.78 is 0. The van der Waals surface area contributed by atoms with E-state index in [1.54, 1.807) is 5.57 Å². The summed E-state index contributed by atoms with van der Waals surface area (Å²) in [5.41, 5.74) is 1.74. The fraction of sp³-hybridized carbons (Fsp3) is 0.500. The normalized spacial score (nSPS) is 37.0.